The fourth-order valence-electron chi connectivity index (χ4n) is 3.71. The number of carbonyl (C=O) groups is 2. The number of amides is 2. The van der Waals surface area contributed by atoms with Crippen LogP contribution in [-0.4, -0.2) is 42.0 Å². The van der Waals surface area contributed by atoms with Crippen LogP contribution in [0.5, 0.6) is 5.75 Å². The van der Waals surface area contributed by atoms with Gasteiger partial charge in [-0.25, -0.2) is 9.97 Å². The van der Waals surface area contributed by atoms with Gasteiger partial charge >= 0.3 is 0 Å². The number of anilines is 2. The molecule has 2 aromatic heterocycles. The van der Waals surface area contributed by atoms with Gasteiger partial charge in [0.2, 0.25) is 5.91 Å². The van der Waals surface area contributed by atoms with Gasteiger partial charge in [-0.1, -0.05) is 23.7 Å². The molecule has 0 aliphatic heterocycles. The number of ether oxygens (including phenoxy) is 1. The van der Waals surface area contributed by atoms with Gasteiger partial charge in [-0.15, -0.1) is 0 Å². The van der Waals surface area contributed by atoms with Crippen molar-refractivity contribution in [2.45, 2.75) is 13.0 Å². The molecule has 37 heavy (non-hydrogen) atoms. The van der Waals surface area contributed by atoms with Crippen LogP contribution >= 0.6 is 11.6 Å². The monoisotopic (exact) mass is 514 g/mol. The summed E-state index contributed by atoms with van der Waals surface area (Å²) < 4.78 is 5.65. The first-order chi connectivity index (χ1) is 17.8. The van der Waals surface area contributed by atoms with Crippen LogP contribution in [0.3, 0.4) is 0 Å². The number of benzene rings is 2. The summed E-state index contributed by atoms with van der Waals surface area (Å²) in [7, 11) is 3.23. The highest BCUT2D eigenvalue weighted by Crippen LogP contribution is 2.39. The van der Waals surface area contributed by atoms with E-state index in [0.717, 1.165) is 10.8 Å². The molecule has 2 heterocycles. The van der Waals surface area contributed by atoms with Gasteiger partial charge in [-0.05, 0) is 72.8 Å². The Balaban J connectivity index is 1.85. The number of likely N-dealkylation sites (N-methyl/N-ethyl adjacent to an activating group) is 1. The number of nitriles is 1. The molecule has 10 heteroatoms. The molecule has 2 amide bonds. The lowest BCUT2D eigenvalue weighted by Gasteiger charge is -2.16. The SMILES string of the molecule is CNC(C)C(=O)Nc1cc(-c2c(OC)ccc3cc(C#N)ccc23)cc(NC(=O)c2ccc(Cl)cn2)n1. The first-order valence-corrected chi connectivity index (χ1v) is 11.6. The Bertz CT molecular complexity index is 1530. The van der Waals surface area contributed by atoms with E-state index in [1.54, 1.807) is 57.5 Å². The maximum atomic E-state index is 12.9. The minimum absolute atomic E-state index is 0.151. The van der Waals surface area contributed by atoms with Gasteiger partial charge in [-0.3, -0.25) is 9.59 Å². The van der Waals surface area contributed by atoms with Crippen LogP contribution in [0, 0.1) is 11.3 Å². The number of methoxy groups -OCH3 is 1. The van der Waals surface area contributed by atoms with Crippen molar-refractivity contribution in [1.82, 2.24) is 15.3 Å². The highest BCUT2D eigenvalue weighted by atomic mass is 35.5. The number of fused-ring (bicyclic) bond motifs is 1. The molecular weight excluding hydrogens is 492 g/mol. The molecule has 0 saturated heterocycles. The molecule has 9 nitrogen and oxygen atoms in total. The zero-order valence-corrected chi connectivity index (χ0v) is 21.1. The molecule has 1 atom stereocenters. The van der Waals surface area contributed by atoms with Gasteiger partial charge in [0.15, 0.2) is 0 Å². The van der Waals surface area contributed by atoms with E-state index in [1.165, 1.54) is 12.3 Å². The van der Waals surface area contributed by atoms with Crippen molar-refractivity contribution < 1.29 is 14.3 Å². The van der Waals surface area contributed by atoms with Crippen LogP contribution in [0.1, 0.15) is 23.0 Å². The van der Waals surface area contributed by atoms with Crippen molar-refractivity contribution in [3.05, 3.63) is 77.1 Å². The minimum atomic E-state index is -0.495. The summed E-state index contributed by atoms with van der Waals surface area (Å²) in [6, 6.07) is 17.1. The Hall–Kier alpha value is -4.52. The van der Waals surface area contributed by atoms with Gasteiger partial charge in [0, 0.05) is 11.8 Å². The molecule has 0 bridgehead atoms. The Morgan fingerprint density at radius 1 is 1.05 bits per heavy atom. The fraction of sp³-hybridized carbons (Fsp3) is 0.148. The summed E-state index contributed by atoms with van der Waals surface area (Å²) in [5, 5.41) is 19.8. The van der Waals surface area contributed by atoms with Crippen LogP contribution in [0.2, 0.25) is 5.02 Å². The Labute approximate surface area is 218 Å². The van der Waals surface area contributed by atoms with E-state index >= 15 is 0 Å². The number of nitrogens with one attached hydrogen (secondary N) is 3. The van der Waals surface area contributed by atoms with Crippen molar-refractivity contribution >= 4 is 45.8 Å². The van der Waals surface area contributed by atoms with Gasteiger partial charge in [0.05, 0.1) is 29.8 Å². The zero-order valence-electron chi connectivity index (χ0n) is 20.3. The molecule has 0 radical (unpaired) electrons. The smallest absolute Gasteiger partial charge is 0.275 e. The highest BCUT2D eigenvalue weighted by Gasteiger charge is 2.18. The largest absolute Gasteiger partial charge is 0.496 e. The first-order valence-electron chi connectivity index (χ1n) is 11.3. The van der Waals surface area contributed by atoms with Gasteiger partial charge in [0.25, 0.3) is 5.91 Å². The molecule has 0 saturated carbocycles. The predicted molar refractivity (Wildman–Crippen MR) is 143 cm³/mol. The van der Waals surface area contributed by atoms with Gasteiger partial charge < -0.3 is 20.7 Å². The molecule has 4 aromatic rings. The highest BCUT2D eigenvalue weighted by molar-refractivity contribution is 6.30. The van der Waals surface area contributed by atoms with E-state index < -0.39 is 11.9 Å². The number of hydrogen-bond acceptors (Lipinski definition) is 7. The molecule has 4 rings (SSSR count). The summed E-state index contributed by atoms with van der Waals surface area (Å²) in [4.78, 5) is 33.9. The molecule has 0 spiro atoms. The number of nitrogens with zero attached hydrogens (tertiary/aromatic N) is 3. The van der Waals surface area contributed by atoms with Crippen LogP contribution in [0.15, 0.2) is 60.8 Å². The molecule has 0 fully saturated rings. The van der Waals surface area contributed by atoms with E-state index in [2.05, 4.69) is 32.0 Å². The lowest BCUT2D eigenvalue weighted by atomic mass is 9.96. The number of pyridine rings is 2. The second-order valence-electron chi connectivity index (χ2n) is 8.13. The number of rotatable bonds is 7. The number of aromatic nitrogens is 2. The maximum absolute atomic E-state index is 12.9. The van der Waals surface area contributed by atoms with Crippen molar-refractivity contribution in [1.29, 1.82) is 5.26 Å². The van der Waals surface area contributed by atoms with Crippen molar-refractivity contribution in [2.75, 3.05) is 24.8 Å². The first kappa shape index (κ1) is 25.6. The number of hydrogen-bond donors (Lipinski definition) is 3. The van der Waals surface area contributed by atoms with Gasteiger partial charge in [-0.2, -0.15) is 5.26 Å². The normalized spacial score (nSPS) is 11.4. The summed E-state index contributed by atoms with van der Waals surface area (Å²) >= 11 is 5.89. The van der Waals surface area contributed by atoms with Crippen molar-refractivity contribution in [3.8, 4) is 22.9 Å². The maximum Gasteiger partial charge on any atom is 0.275 e. The summed E-state index contributed by atoms with van der Waals surface area (Å²) in [5.74, 6) is 0.204. The van der Waals surface area contributed by atoms with E-state index in [0.29, 0.717) is 27.5 Å². The summed E-state index contributed by atoms with van der Waals surface area (Å²) in [6.07, 6.45) is 1.38. The van der Waals surface area contributed by atoms with Crippen LogP contribution in [0.25, 0.3) is 21.9 Å². The predicted octanol–water partition coefficient (Wildman–Crippen LogP) is 4.63. The fourth-order valence-corrected chi connectivity index (χ4v) is 3.82. The van der Waals surface area contributed by atoms with E-state index in [-0.39, 0.29) is 23.2 Å². The molecular formula is C27H23ClN6O3. The van der Waals surface area contributed by atoms with E-state index in [1.807, 2.05) is 12.1 Å². The Morgan fingerprint density at radius 3 is 2.46 bits per heavy atom. The third-order valence-corrected chi connectivity index (χ3v) is 5.95. The average Bonchev–Trinajstić information content (AvgIpc) is 2.91. The van der Waals surface area contributed by atoms with E-state index in [4.69, 9.17) is 16.3 Å². The Kier molecular flexibility index (Phi) is 7.63. The molecule has 2 aromatic carbocycles. The molecule has 186 valence electrons. The van der Waals surface area contributed by atoms with Crippen LogP contribution < -0.4 is 20.7 Å². The van der Waals surface area contributed by atoms with Crippen LogP contribution in [0.4, 0.5) is 11.6 Å². The van der Waals surface area contributed by atoms with Crippen molar-refractivity contribution in [2.24, 2.45) is 0 Å². The molecule has 0 aliphatic rings. The molecule has 1 unspecified atom stereocenters. The number of carbonyl (C=O) groups excluding carboxylic acids is 2. The third-order valence-electron chi connectivity index (χ3n) is 5.72. The summed E-state index contributed by atoms with van der Waals surface area (Å²) in [5.41, 5.74) is 2.02. The zero-order chi connectivity index (χ0) is 26.5. The van der Waals surface area contributed by atoms with Crippen LogP contribution in [-0.2, 0) is 4.79 Å². The summed E-state index contributed by atoms with van der Waals surface area (Å²) in [6.45, 7) is 1.72. The second kappa shape index (κ2) is 11.0. The van der Waals surface area contributed by atoms with Gasteiger partial charge in [0.1, 0.15) is 23.1 Å². The third kappa shape index (κ3) is 5.67. The second-order valence-corrected chi connectivity index (χ2v) is 8.57. The number of halogens is 1. The average molecular weight is 515 g/mol. The lowest BCUT2D eigenvalue weighted by molar-refractivity contribution is -0.117. The van der Waals surface area contributed by atoms with Crippen molar-refractivity contribution in [3.63, 3.8) is 0 Å². The minimum Gasteiger partial charge on any atom is -0.496 e. The standard InChI is InChI=1S/C27H23ClN6O3/c1-15(30-2)26(35)33-23-11-18(12-24(32-23)34-27(36)21-8-6-19(28)14-31-21)25-20-7-4-16(13-29)10-17(20)5-9-22(25)37-3/h4-12,14-15,30H,1-3H3,(H2,32,33,34,35,36). The quantitative estimate of drug-likeness (QED) is 0.328. The molecule has 3 N–H and O–H groups in total. The Morgan fingerprint density at radius 2 is 1.81 bits per heavy atom. The lowest BCUT2D eigenvalue weighted by Crippen LogP contribution is -2.35. The molecule has 0 aliphatic carbocycles. The topological polar surface area (TPSA) is 129 Å². The van der Waals surface area contributed by atoms with E-state index in [9.17, 15) is 14.9 Å².